The molecule has 0 aromatic heterocycles. The number of rotatable bonds is 6. The summed E-state index contributed by atoms with van der Waals surface area (Å²) in [6, 6.07) is 19.4. The van der Waals surface area contributed by atoms with Crippen LogP contribution < -0.4 is 5.32 Å². The molecule has 1 N–H and O–H groups in total. The van der Waals surface area contributed by atoms with Crippen LogP contribution >= 0.6 is 0 Å². The Hall–Kier alpha value is -1.64. The molecule has 2 unspecified atom stereocenters. The van der Waals surface area contributed by atoms with Gasteiger partial charge >= 0.3 is 0 Å². The normalized spacial score (nSPS) is 14.1. The van der Waals surface area contributed by atoms with Gasteiger partial charge in [0.05, 0.1) is 12.1 Å². The van der Waals surface area contributed by atoms with Gasteiger partial charge in [-0.15, -0.1) is 0 Å². The van der Waals surface area contributed by atoms with E-state index in [2.05, 4.69) is 67.7 Å². The van der Waals surface area contributed by atoms with Crippen LogP contribution in [0, 0.1) is 5.92 Å². The molecule has 2 atom stereocenters. The van der Waals surface area contributed by atoms with Crippen LogP contribution in [0.3, 0.4) is 0 Å². The average molecular weight is 283 g/mol. The SMILES string of the molecule is CNC(c1ccc(-c2ccccc2)cc1)C(OC)C(C)C. The van der Waals surface area contributed by atoms with Crippen molar-refractivity contribution in [3.8, 4) is 11.1 Å². The Labute approximate surface area is 128 Å². The van der Waals surface area contributed by atoms with Crippen LogP contribution in [0.1, 0.15) is 25.5 Å². The molecule has 2 aromatic rings. The molecule has 112 valence electrons. The number of hydrogen-bond acceptors (Lipinski definition) is 2. The van der Waals surface area contributed by atoms with Gasteiger partial charge in [-0.1, -0.05) is 68.4 Å². The highest BCUT2D eigenvalue weighted by atomic mass is 16.5. The minimum absolute atomic E-state index is 0.164. The average Bonchev–Trinajstić information content (AvgIpc) is 2.53. The van der Waals surface area contributed by atoms with Crippen molar-refractivity contribution in [2.75, 3.05) is 14.2 Å². The molecule has 0 radical (unpaired) electrons. The first-order valence-corrected chi connectivity index (χ1v) is 7.52. The van der Waals surface area contributed by atoms with E-state index >= 15 is 0 Å². The molecule has 21 heavy (non-hydrogen) atoms. The minimum atomic E-state index is 0.164. The van der Waals surface area contributed by atoms with Crippen molar-refractivity contribution in [3.63, 3.8) is 0 Å². The third-order valence-corrected chi connectivity index (χ3v) is 3.95. The Kier molecular flexibility index (Phi) is 5.54. The summed E-state index contributed by atoms with van der Waals surface area (Å²) in [5.74, 6) is 0.459. The molecule has 0 amide bonds. The summed E-state index contributed by atoms with van der Waals surface area (Å²) >= 11 is 0. The Morgan fingerprint density at radius 1 is 0.857 bits per heavy atom. The highest BCUT2D eigenvalue weighted by Gasteiger charge is 2.24. The summed E-state index contributed by atoms with van der Waals surface area (Å²) in [6.07, 6.45) is 0.164. The fourth-order valence-electron chi connectivity index (χ4n) is 2.83. The summed E-state index contributed by atoms with van der Waals surface area (Å²) in [6.45, 7) is 4.38. The van der Waals surface area contributed by atoms with Crippen molar-refractivity contribution in [1.29, 1.82) is 0 Å². The number of benzene rings is 2. The molecule has 0 aliphatic carbocycles. The van der Waals surface area contributed by atoms with Crippen molar-refractivity contribution in [1.82, 2.24) is 5.32 Å². The van der Waals surface area contributed by atoms with Gasteiger partial charge in [0, 0.05) is 7.11 Å². The van der Waals surface area contributed by atoms with Gasteiger partial charge < -0.3 is 10.1 Å². The number of hydrogen-bond donors (Lipinski definition) is 1. The lowest BCUT2D eigenvalue weighted by Gasteiger charge is -2.29. The lowest BCUT2D eigenvalue weighted by molar-refractivity contribution is 0.0348. The molecule has 2 nitrogen and oxygen atoms in total. The zero-order valence-corrected chi connectivity index (χ0v) is 13.3. The third kappa shape index (κ3) is 3.72. The number of nitrogens with one attached hydrogen (secondary N) is 1. The first kappa shape index (κ1) is 15.7. The Bertz CT molecular complexity index is 533. The van der Waals surface area contributed by atoms with Gasteiger partial charge in [0.25, 0.3) is 0 Å². The van der Waals surface area contributed by atoms with Gasteiger partial charge in [-0.2, -0.15) is 0 Å². The second-order valence-electron chi connectivity index (χ2n) is 5.70. The topological polar surface area (TPSA) is 21.3 Å². The molecule has 2 heteroatoms. The van der Waals surface area contributed by atoms with Crippen LogP contribution in [-0.4, -0.2) is 20.3 Å². The fraction of sp³-hybridized carbons (Fsp3) is 0.368. The predicted octanol–water partition coefficient (Wildman–Crippen LogP) is 4.29. The van der Waals surface area contributed by atoms with E-state index in [1.807, 2.05) is 13.1 Å². The minimum Gasteiger partial charge on any atom is -0.379 e. The summed E-state index contributed by atoms with van der Waals surface area (Å²) < 4.78 is 5.67. The van der Waals surface area contributed by atoms with Crippen molar-refractivity contribution in [2.24, 2.45) is 5.92 Å². The monoisotopic (exact) mass is 283 g/mol. The number of likely N-dealkylation sites (N-methyl/N-ethyl adjacent to an activating group) is 1. The highest BCUT2D eigenvalue weighted by molar-refractivity contribution is 5.63. The predicted molar refractivity (Wildman–Crippen MR) is 89.3 cm³/mol. The van der Waals surface area contributed by atoms with E-state index in [9.17, 15) is 0 Å². The lowest BCUT2D eigenvalue weighted by atomic mass is 9.92. The molecule has 0 saturated heterocycles. The molecular weight excluding hydrogens is 258 g/mol. The van der Waals surface area contributed by atoms with E-state index in [0.29, 0.717) is 5.92 Å². The van der Waals surface area contributed by atoms with Crippen LogP contribution in [0.2, 0.25) is 0 Å². The standard InChI is InChI=1S/C19H25NO/c1-14(2)19(21-4)18(20-3)17-12-10-16(11-13-17)15-8-6-5-7-9-15/h5-14,18-20H,1-4H3. The zero-order valence-electron chi connectivity index (χ0n) is 13.3. The van der Waals surface area contributed by atoms with Gasteiger partial charge in [-0.25, -0.2) is 0 Å². The highest BCUT2D eigenvalue weighted by Crippen LogP contribution is 2.26. The first-order chi connectivity index (χ1) is 10.2. The molecular formula is C19H25NO. The smallest absolute Gasteiger partial charge is 0.0788 e. The molecule has 0 aliphatic heterocycles. The molecule has 2 rings (SSSR count). The Morgan fingerprint density at radius 2 is 1.43 bits per heavy atom. The van der Waals surface area contributed by atoms with Crippen LogP contribution in [0.25, 0.3) is 11.1 Å². The van der Waals surface area contributed by atoms with Gasteiger partial charge in [0.15, 0.2) is 0 Å². The third-order valence-electron chi connectivity index (χ3n) is 3.95. The Morgan fingerprint density at radius 3 is 1.90 bits per heavy atom. The summed E-state index contributed by atoms with van der Waals surface area (Å²) in [5.41, 5.74) is 3.75. The van der Waals surface area contributed by atoms with Gasteiger partial charge in [0.1, 0.15) is 0 Å². The van der Waals surface area contributed by atoms with Crippen molar-refractivity contribution in [3.05, 3.63) is 60.2 Å². The lowest BCUT2D eigenvalue weighted by Crippen LogP contribution is -2.34. The van der Waals surface area contributed by atoms with E-state index in [1.165, 1.54) is 16.7 Å². The van der Waals surface area contributed by atoms with E-state index in [1.54, 1.807) is 7.11 Å². The van der Waals surface area contributed by atoms with Crippen LogP contribution in [0.4, 0.5) is 0 Å². The number of methoxy groups -OCH3 is 1. The summed E-state index contributed by atoms with van der Waals surface area (Å²) in [5, 5.41) is 3.38. The maximum atomic E-state index is 5.67. The summed E-state index contributed by atoms with van der Waals surface area (Å²) in [7, 11) is 3.78. The van der Waals surface area contributed by atoms with E-state index < -0.39 is 0 Å². The Balaban J connectivity index is 2.24. The van der Waals surface area contributed by atoms with Crippen LogP contribution in [0.15, 0.2) is 54.6 Å². The van der Waals surface area contributed by atoms with Crippen LogP contribution in [0.5, 0.6) is 0 Å². The fourth-order valence-corrected chi connectivity index (χ4v) is 2.83. The van der Waals surface area contributed by atoms with Crippen LogP contribution in [-0.2, 0) is 4.74 Å². The second kappa shape index (κ2) is 7.39. The van der Waals surface area contributed by atoms with Crippen molar-refractivity contribution in [2.45, 2.75) is 26.0 Å². The van der Waals surface area contributed by atoms with E-state index in [-0.39, 0.29) is 12.1 Å². The van der Waals surface area contributed by atoms with Gasteiger partial charge in [-0.05, 0) is 29.7 Å². The van der Waals surface area contributed by atoms with Crippen molar-refractivity contribution >= 4 is 0 Å². The van der Waals surface area contributed by atoms with E-state index in [4.69, 9.17) is 4.74 Å². The maximum Gasteiger partial charge on any atom is 0.0788 e. The number of ether oxygens (including phenoxy) is 1. The molecule has 0 bridgehead atoms. The molecule has 0 aliphatic rings. The quantitative estimate of drug-likeness (QED) is 0.854. The van der Waals surface area contributed by atoms with Crippen molar-refractivity contribution < 1.29 is 4.74 Å². The molecule has 2 aromatic carbocycles. The maximum absolute atomic E-state index is 5.67. The molecule has 0 spiro atoms. The van der Waals surface area contributed by atoms with Gasteiger partial charge in [0.2, 0.25) is 0 Å². The second-order valence-corrected chi connectivity index (χ2v) is 5.70. The zero-order chi connectivity index (χ0) is 15.2. The molecule has 0 saturated carbocycles. The van der Waals surface area contributed by atoms with Gasteiger partial charge in [-0.3, -0.25) is 0 Å². The molecule has 0 fully saturated rings. The van der Waals surface area contributed by atoms with E-state index in [0.717, 1.165) is 0 Å². The first-order valence-electron chi connectivity index (χ1n) is 7.52. The summed E-state index contributed by atoms with van der Waals surface area (Å²) in [4.78, 5) is 0. The largest absolute Gasteiger partial charge is 0.379 e. The molecule has 0 heterocycles.